The zero-order chi connectivity index (χ0) is 13.8. The summed E-state index contributed by atoms with van der Waals surface area (Å²) < 4.78 is 1.84. The molecule has 0 aliphatic carbocycles. The quantitative estimate of drug-likeness (QED) is 0.752. The molecular weight excluding hydrogens is 262 g/mol. The summed E-state index contributed by atoms with van der Waals surface area (Å²) in [6.07, 6.45) is 1.65. The minimum absolute atomic E-state index is 0.115. The number of amides is 1. The van der Waals surface area contributed by atoms with E-state index in [1.54, 1.807) is 6.33 Å². The summed E-state index contributed by atoms with van der Waals surface area (Å²) in [6.45, 7) is 8.77. The van der Waals surface area contributed by atoms with Crippen molar-refractivity contribution in [1.82, 2.24) is 24.6 Å². The van der Waals surface area contributed by atoms with Gasteiger partial charge in [0.15, 0.2) is 5.16 Å². The van der Waals surface area contributed by atoms with Crippen molar-refractivity contribution < 1.29 is 4.79 Å². The maximum absolute atomic E-state index is 12.4. The lowest BCUT2D eigenvalue weighted by atomic mass is 10.3. The van der Waals surface area contributed by atoms with E-state index in [0.29, 0.717) is 0 Å². The molecule has 1 unspecified atom stereocenters. The molecule has 0 radical (unpaired) electrons. The molecule has 6 nitrogen and oxygen atoms in total. The highest BCUT2D eigenvalue weighted by molar-refractivity contribution is 8.00. The molecule has 19 heavy (non-hydrogen) atoms. The molecule has 1 saturated heterocycles. The number of rotatable bonds is 4. The minimum Gasteiger partial charge on any atom is -0.339 e. The maximum atomic E-state index is 12.4. The van der Waals surface area contributed by atoms with Gasteiger partial charge in [0.25, 0.3) is 0 Å². The SMILES string of the molecule is CCN1CCN(C(=O)C(C)Sc2nncn2C)CC1. The Hall–Kier alpha value is -1.08. The summed E-state index contributed by atoms with van der Waals surface area (Å²) in [5.41, 5.74) is 0. The number of likely N-dealkylation sites (N-methyl/N-ethyl adjacent to an activating group) is 1. The first kappa shape index (κ1) is 14.3. The Morgan fingerprint density at radius 2 is 2.11 bits per heavy atom. The maximum Gasteiger partial charge on any atom is 0.235 e. The Kier molecular flexibility index (Phi) is 4.81. The van der Waals surface area contributed by atoms with Gasteiger partial charge in [-0.25, -0.2) is 0 Å². The molecule has 2 rings (SSSR count). The number of piperazine rings is 1. The first-order valence-electron chi connectivity index (χ1n) is 6.63. The molecule has 1 aromatic heterocycles. The average Bonchev–Trinajstić information content (AvgIpc) is 2.83. The van der Waals surface area contributed by atoms with Gasteiger partial charge in [0, 0.05) is 33.2 Å². The standard InChI is InChI=1S/C12H21N5OS/c1-4-16-5-7-17(8-6-16)11(18)10(2)19-12-14-13-9-15(12)3/h9-10H,4-8H2,1-3H3. The number of aromatic nitrogens is 3. The molecule has 106 valence electrons. The van der Waals surface area contributed by atoms with Crippen LogP contribution in [0.4, 0.5) is 0 Å². The number of carbonyl (C=O) groups is 1. The van der Waals surface area contributed by atoms with Gasteiger partial charge in [-0.15, -0.1) is 10.2 Å². The van der Waals surface area contributed by atoms with Crippen LogP contribution in [0.15, 0.2) is 11.5 Å². The topological polar surface area (TPSA) is 54.3 Å². The van der Waals surface area contributed by atoms with Crippen molar-refractivity contribution in [2.75, 3.05) is 32.7 Å². The summed E-state index contributed by atoms with van der Waals surface area (Å²) >= 11 is 1.47. The second-order valence-electron chi connectivity index (χ2n) is 4.74. The molecule has 1 amide bonds. The number of carbonyl (C=O) groups excluding carboxylic acids is 1. The van der Waals surface area contributed by atoms with Crippen LogP contribution in [0.1, 0.15) is 13.8 Å². The van der Waals surface area contributed by atoms with Crippen LogP contribution in [0, 0.1) is 0 Å². The summed E-state index contributed by atoms with van der Waals surface area (Å²) in [6, 6.07) is 0. The van der Waals surface area contributed by atoms with E-state index in [4.69, 9.17) is 0 Å². The Morgan fingerprint density at radius 3 is 2.63 bits per heavy atom. The first-order valence-corrected chi connectivity index (χ1v) is 7.51. The van der Waals surface area contributed by atoms with E-state index in [9.17, 15) is 4.79 Å². The first-order chi connectivity index (χ1) is 9.11. The van der Waals surface area contributed by atoms with Crippen LogP contribution < -0.4 is 0 Å². The van der Waals surface area contributed by atoms with E-state index >= 15 is 0 Å². The predicted molar refractivity (Wildman–Crippen MR) is 75.0 cm³/mol. The molecule has 2 heterocycles. The number of thioether (sulfide) groups is 1. The monoisotopic (exact) mass is 283 g/mol. The zero-order valence-electron chi connectivity index (χ0n) is 11.7. The van der Waals surface area contributed by atoms with Crippen molar-refractivity contribution in [2.45, 2.75) is 24.3 Å². The highest BCUT2D eigenvalue weighted by Crippen LogP contribution is 2.22. The van der Waals surface area contributed by atoms with Crippen molar-refractivity contribution in [1.29, 1.82) is 0 Å². The average molecular weight is 283 g/mol. The highest BCUT2D eigenvalue weighted by Gasteiger charge is 2.25. The van der Waals surface area contributed by atoms with Crippen LogP contribution >= 0.6 is 11.8 Å². The smallest absolute Gasteiger partial charge is 0.235 e. The summed E-state index contributed by atoms with van der Waals surface area (Å²) in [5, 5.41) is 8.50. The molecule has 1 aliphatic heterocycles. The molecule has 1 fully saturated rings. The molecule has 1 aromatic rings. The van der Waals surface area contributed by atoms with Crippen LogP contribution in [-0.4, -0.2) is 68.4 Å². The van der Waals surface area contributed by atoms with Gasteiger partial charge >= 0.3 is 0 Å². The number of hydrogen-bond acceptors (Lipinski definition) is 5. The second-order valence-corrected chi connectivity index (χ2v) is 6.05. The zero-order valence-corrected chi connectivity index (χ0v) is 12.6. The number of hydrogen-bond donors (Lipinski definition) is 0. The summed E-state index contributed by atoms with van der Waals surface area (Å²) in [4.78, 5) is 16.7. The van der Waals surface area contributed by atoms with E-state index in [1.807, 2.05) is 23.4 Å². The van der Waals surface area contributed by atoms with E-state index < -0.39 is 0 Å². The molecule has 1 atom stereocenters. The van der Waals surface area contributed by atoms with Crippen molar-refractivity contribution in [3.8, 4) is 0 Å². The molecule has 0 aromatic carbocycles. The van der Waals surface area contributed by atoms with Gasteiger partial charge in [0.1, 0.15) is 6.33 Å². The van der Waals surface area contributed by atoms with Gasteiger partial charge in [-0.3, -0.25) is 4.79 Å². The fraction of sp³-hybridized carbons (Fsp3) is 0.750. The second kappa shape index (κ2) is 6.38. The van der Waals surface area contributed by atoms with Crippen LogP contribution in [-0.2, 0) is 11.8 Å². The van der Waals surface area contributed by atoms with Gasteiger partial charge < -0.3 is 14.4 Å². The van der Waals surface area contributed by atoms with Crippen molar-refractivity contribution in [3.05, 3.63) is 6.33 Å². The van der Waals surface area contributed by atoms with E-state index in [1.165, 1.54) is 11.8 Å². The third-order valence-corrected chi connectivity index (χ3v) is 4.57. The minimum atomic E-state index is -0.115. The van der Waals surface area contributed by atoms with Gasteiger partial charge in [0.2, 0.25) is 5.91 Å². The predicted octanol–water partition coefficient (Wildman–Crippen LogP) is 0.460. The summed E-state index contributed by atoms with van der Waals surface area (Å²) in [7, 11) is 1.89. The van der Waals surface area contributed by atoms with E-state index in [-0.39, 0.29) is 11.2 Å². The van der Waals surface area contributed by atoms with Crippen LogP contribution in [0.2, 0.25) is 0 Å². The van der Waals surface area contributed by atoms with Crippen molar-refractivity contribution in [2.24, 2.45) is 7.05 Å². The Morgan fingerprint density at radius 1 is 1.42 bits per heavy atom. The summed E-state index contributed by atoms with van der Waals surface area (Å²) in [5.74, 6) is 0.198. The van der Waals surface area contributed by atoms with Gasteiger partial charge in [0.05, 0.1) is 5.25 Å². The van der Waals surface area contributed by atoms with E-state index in [0.717, 1.165) is 37.9 Å². The molecule has 7 heteroatoms. The molecule has 1 aliphatic rings. The molecule has 0 spiro atoms. The molecule has 0 bridgehead atoms. The van der Waals surface area contributed by atoms with Crippen molar-refractivity contribution in [3.63, 3.8) is 0 Å². The molecule has 0 saturated carbocycles. The Labute approximate surface area is 118 Å². The Bertz CT molecular complexity index is 428. The third kappa shape index (κ3) is 3.48. The van der Waals surface area contributed by atoms with Gasteiger partial charge in [-0.1, -0.05) is 18.7 Å². The lowest BCUT2D eigenvalue weighted by Crippen LogP contribution is -2.50. The third-order valence-electron chi connectivity index (χ3n) is 3.43. The fourth-order valence-corrected chi connectivity index (χ4v) is 3.00. The highest BCUT2D eigenvalue weighted by atomic mass is 32.2. The number of aryl methyl sites for hydroxylation is 1. The molecular formula is C12H21N5OS. The van der Waals surface area contributed by atoms with E-state index in [2.05, 4.69) is 22.0 Å². The lowest BCUT2D eigenvalue weighted by Gasteiger charge is -2.35. The van der Waals surface area contributed by atoms with Gasteiger partial charge in [-0.05, 0) is 13.5 Å². The largest absolute Gasteiger partial charge is 0.339 e. The van der Waals surface area contributed by atoms with Crippen LogP contribution in [0.25, 0.3) is 0 Å². The fourth-order valence-electron chi connectivity index (χ4n) is 2.13. The Balaban J connectivity index is 1.88. The van der Waals surface area contributed by atoms with Crippen molar-refractivity contribution >= 4 is 17.7 Å². The number of nitrogens with zero attached hydrogens (tertiary/aromatic N) is 5. The van der Waals surface area contributed by atoms with Gasteiger partial charge in [-0.2, -0.15) is 0 Å². The normalized spacial score (nSPS) is 18.6. The van der Waals surface area contributed by atoms with Crippen LogP contribution in [0.5, 0.6) is 0 Å². The molecule has 0 N–H and O–H groups in total. The van der Waals surface area contributed by atoms with Crippen LogP contribution in [0.3, 0.4) is 0 Å². The lowest BCUT2D eigenvalue weighted by molar-refractivity contribution is -0.132.